The molecule has 19 heavy (non-hydrogen) atoms. The summed E-state index contributed by atoms with van der Waals surface area (Å²) in [6.45, 7) is 4.30. The third-order valence-electron chi connectivity index (χ3n) is 2.71. The normalized spacial score (nSPS) is 11.8. The van der Waals surface area contributed by atoms with E-state index in [0.717, 1.165) is 6.42 Å². The molecule has 0 saturated carbocycles. The Hall–Kier alpha value is -1.11. The van der Waals surface area contributed by atoms with Crippen LogP contribution in [0.1, 0.15) is 25.8 Å². The number of aliphatic hydroxyl groups excluding tert-OH is 1. The van der Waals surface area contributed by atoms with Crippen LogP contribution in [0.25, 0.3) is 0 Å². The van der Waals surface area contributed by atoms with Gasteiger partial charge in [-0.1, -0.05) is 19.9 Å². The molecule has 0 aliphatic rings. The van der Waals surface area contributed by atoms with Crippen molar-refractivity contribution in [3.8, 4) is 5.75 Å². The lowest BCUT2D eigenvalue weighted by Crippen LogP contribution is -2.26. The largest absolute Gasteiger partial charge is 0.495 e. The molecular formula is C13H21NO4S. The van der Waals surface area contributed by atoms with Crippen molar-refractivity contribution in [3.63, 3.8) is 0 Å². The minimum Gasteiger partial charge on any atom is -0.495 e. The van der Waals surface area contributed by atoms with E-state index in [1.807, 2.05) is 13.8 Å². The molecule has 1 rings (SSSR count). The summed E-state index contributed by atoms with van der Waals surface area (Å²) in [5.41, 5.74) is 0.609. The molecule has 0 bridgehead atoms. The highest BCUT2D eigenvalue weighted by molar-refractivity contribution is 7.89. The molecule has 108 valence electrons. The zero-order valence-corrected chi connectivity index (χ0v) is 12.3. The number of rotatable bonds is 7. The summed E-state index contributed by atoms with van der Waals surface area (Å²) >= 11 is 0. The number of ether oxygens (including phenoxy) is 1. The first-order chi connectivity index (χ1) is 8.90. The maximum Gasteiger partial charge on any atom is 0.244 e. The molecule has 0 spiro atoms. The summed E-state index contributed by atoms with van der Waals surface area (Å²) in [4.78, 5) is 0.0935. The van der Waals surface area contributed by atoms with E-state index < -0.39 is 10.0 Å². The van der Waals surface area contributed by atoms with E-state index in [9.17, 15) is 8.42 Å². The fourth-order valence-electron chi connectivity index (χ4n) is 1.59. The van der Waals surface area contributed by atoms with Gasteiger partial charge in [-0.15, -0.1) is 0 Å². The van der Waals surface area contributed by atoms with Gasteiger partial charge in [-0.25, -0.2) is 13.1 Å². The van der Waals surface area contributed by atoms with E-state index >= 15 is 0 Å². The Morgan fingerprint density at radius 3 is 2.58 bits per heavy atom. The number of aliphatic hydroxyl groups is 1. The summed E-state index contributed by atoms with van der Waals surface area (Å²) in [5.74, 6) is 0.671. The summed E-state index contributed by atoms with van der Waals surface area (Å²) < 4.78 is 31.9. The molecule has 0 aliphatic carbocycles. The van der Waals surface area contributed by atoms with Crippen LogP contribution >= 0.6 is 0 Å². The van der Waals surface area contributed by atoms with Crippen molar-refractivity contribution in [2.45, 2.75) is 31.8 Å². The maximum atomic E-state index is 12.1. The fourth-order valence-corrected chi connectivity index (χ4v) is 2.79. The van der Waals surface area contributed by atoms with Gasteiger partial charge in [0.05, 0.1) is 13.7 Å². The molecule has 0 aliphatic heterocycles. The van der Waals surface area contributed by atoms with E-state index in [1.54, 1.807) is 6.07 Å². The molecule has 0 aromatic heterocycles. The van der Waals surface area contributed by atoms with Crippen molar-refractivity contribution in [1.29, 1.82) is 0 Å². The highest BCUT2D eigenvalue weighted by Crippen LogP contribution is 2.24. The second kappa shape index (κ2) is 6.88. The summed E-state index contributed by atoms with van der Waals surface area (Å²) in [7, 11) is -2.17. The Morgan fingerprint density at radius 1 is 1.37 bits per heavy atom. The zero-order valence-electron chi connectivity index (χ0n) is 11.5. The predicted molar refractivity (Wildman–Crippen MR) is 73.6 cm³/mol. The van der Waals surface area contributed by atoms with E-state index in [-0.39, 0.29) is 17.3 Å². The minimum atomic E-state index is -3.58. The molecule has 0 unspecified atom stereocenters. The topological polar surface area (TPSA) is 75.6 Å². The molecule has 1 aromatic carbocycles. The lowest BCUT2D eigenvalue weighted by Gasteiger charge is -2.12. The third-order valence-corrected chi connectivity index (χ3v) is 4.21. The summed E-state index contributed by atoms with van der Waals surface area (Å²) in [6, 6.07) is 4.54. The Bertz CT molecular complexity index is 511. The van der Waals surface area contributed by atoms with Crippen LogP contribution in [0.5, 0.6) is 5.75 Å². The number of hydrogen-bond acceptors (Lipinski definition) is 4. The van der Waals surface area contributed by atoms with Gasteiger partial charge < -0.3 is 9.84 Å². The number of benzene rings is 1. The number of hydrogen-bond donors (Lipinski definition) is 2. The molecule has 5 nitrogen and oxygen atoms in total. The second-order valence-corrected chi connectivity index (χ2v) is 6.46. The van der Waals surface area contributed by atoms with Gasteiger partial charge in [0, 0.05) is 6.54 Å². The number of nitrogens with one attached hydrogen (secondary N) is 1. The van der Waals surface area contributed by atoms with Crippen LogP contribution in [-0.4, -0.2) is 27.2 Å². The molecule has 0 heterocycles. The van der Waals surface area contributed by atoms with Crippen molar-refractivity contribution in [2.75, 3.05) is 13.7 Å². The van der Waals surface area contributed by atoms with E-state index in [4.69, 9.17) is 9.84 Å². The van der Waals surface area contributed by atoms with Crippen molar-refractivity contribution in [1.82, 2.24) is 4.72 Å². The highest BCUT2D eigenvalue weighted by atomic mass is 32.2. The van der Waals surface area contributed by atoms with Crippen LogP contribution in [0, 0.1) is 5.92 Å². The van der Waals surface area contributed by atoms with Gasteiger partial charge in [0.25, 0.3) is 0 Å². The van der Waals surface area contributed by atoms with Crippen LogP contribution in [0.4, 0.5) is 0 Å². The first-order valence-electron chi connectivity index (χ1n) is 6.18. The van der Waals surface area contributed by atoms with Crippen molar-refractivity contribution >= 4 is 10.0 Å². The summed E-state index contributed by atoms with van der Waals surface area (Å²) in [5, 5.41) is 9.03. The lowest BCUT2D eigenvalue weighted by molar-refractivity contribution is 0.280. The van der Waals surface area contributed by atoms with Crippen LogP contribution in [0.2, 0.25) is 0 Å². The predicted octanol–water partition coefficient (Wildman–Crippen LogP) is 1.51. The monoisotopic (exact) mass is 287 g/mol. The van der Waals surface area contributed by atoms with E-state index in [2.05, 4.69) is 4.72 Å². The molecule has 0 saturated heterocycles. The van der Waals surface area contributed by atoms with Crippen LogP contribution in [-0.2, 0) is 16.6 Å². The van der Waals surface area contributed by atoms with E-state index in [0.29, 0.717) is 18.0 Å². The summed E-state index contributed by atoms with van der Waals surface area (Å²) in [6.07, 6.45) is 0.774. The average molecular weight is 287 g/mol. The van der Waals surface area contributed by atoms with Crippen molar-refractivity contribution in [2.24, 2.45) is 5.92 Å². The first-order valence-corrected chi connectivity index (χ1v) is 7.66. The molecule has 0 fully saturated rings. The molecular weight excluding hydrogens is 266 g/mol. The smallest absolute Gasteiger partial charge is 0.244 e. The van der Waals surface area contributed by atoms with Crippen molar-refractivity contribution in [3.05, 3.63) is 23.8 Å². The fraction of sp³-hybridized carbons (Fsp3) is 0.538. The molecule has 1 aromatic rings. The molecule has 6 heteroatoms. The average Bonchev–Trinajstić information content (AvgIpc) is 2.37. The maximum absolute atomic E-state index is 12.1. The zero-order chi connectivity index (χ0) is 14.5. The van der Waals surface area contributed by atoms with Gasteiger partial charge >= 0.3 is 0 Å². The first kappa shape index (κ1) is 15.9. The third kappa shape index (κ3) is 4.49. The van der Waals surface area contributed by atoms with Gasteiger partial charge in [-0.05, 0) is 30.0 Å². The quantitative estimate of drug-likeness (QED) is 0.797. The van der Waals surface area contributed by atoms with Crippen LogP contribution in [0.15, 0.2) is 23.1 Å². The van der Waals surface area contributed by atoms with Gasteiger partial charge in [-0.3, -0.25) is 0 Å². The minimum absolute atomic E-state index is 0.0935. The highest BCUT2D eigenvalue weighted by Gasteiger charge is 2.19. The van der Waals surface area contributed by atoms with Crippen LogP contribution in [0.3, 0.4) is 0 Å². The molecule has 0 atom stereocenters. The van der Waals surface area contributed by atoms with Crippen LogP contribution < -0.4 is 9.46 Å². The SMILES string of the molecule is COc1cc(CO)ccc1S(=O)(=O)NCCC(C)C. The molecule has 0 amide bonds. The Balaban J connectivity index is 2.94. The molecule has 0 radical (unpaired) electrons. The van der Waals surface area contributed by atoms with Gasteiger partial charge in [0.1, 0.15) is 10.6 Å². The number of methoxy groups -OCH3 is 1. The van der Waals surface area contributed by atoms with Gasteiger partial charge in [0.2, 0.25) is 10.0 Å². The van der Waals surface area contributed by atoms with Gasteiger partial charge in [-0.2, -0.15) is 0 Å². The Kier molecular flexibility index (Phi) is 5.78. The lowest BCUT2D eigenvalue weighted by atomic mass is 10.1. The molecule has 2 N–H and O–H groups in total. The Morgan fingerprint density at radius 2 is 2.05 bits per heavy atom. The number of sulfonamides is 1. The van der Waals surface area contributed by atoms with Crippen molar-refractivity contribution < 1.29 is 18.3 Å². The Labute approximate surface area is 114 Å². The standard InChI is InChI=1S/C13H21NO4S/c1-10(2)6-7-14-19(16,17)13-5-4-11(9-15)8-12(13)18-3/h4-5,8,10,14-15H,6-7,9H2,1-3H3. The van der Waals surface area contributed by atoms with Gasteiger partial charge in [0.15, 0.2) is 0 Å². The van der Waals surface area contributed by atoms with E-state index in [1.165, 1.54) is 19.2 Å². The second-order valence-electron chi connectivity index (χ2n) is 4.72.